The number of aryl methyl sites for hydroxylation is 1. The van der Waals surface area contributed by atoms with Gasteiger partial charge in [0.15, 0.2) is 0 Å². The van der Waals surface area contributed by atoms with E-state index in [0.29, 0.717) is 44.8 Å². The lowest BCUT2D eigenvalue weighted by Gasteiger charge is -2.41. The van der Waals surface area contributed by atoms with Crippen LogP contribution in [0.25, 0.3) is 10.8 Å². The Bertz CT molecular complexity index is 1540. The fourth-order valence-corrected chi connectivity index (χ4v) is 6.98. The van der Waals surface area contributed by atoms with E-state index in [4.69, 9.17) is 14.7 Å². The number of fused-ring (bicyclic) bond motifs is 2. The number of ether oxygens (including phenoxy) is 1. The smallest absolute Gasteiger partial charge is 0.318 e. The summed E-state index contributed by atoms with van der Waals surface area (Å²) in [5, 5.41) is 12.1. The molecule has 9 nitrogen and oxygen atoms in total. The zero-order chi connectivity index (χ0) is 29.9. The first-order chi connectivity index (χ1) is 21.0. The lowest BCUT2D eigenvalue weighted by molar-refractivity contribution is -0.128. The van der Waals surface area contributed by atoms with Crippen molar-refractivity contribution in [2.24, 2.45) is 0 Å². The molecule has 0 saturated carbocycles. The summed E-state index contributed by atoms with van der Waals surface area (Å²) in [6.07, 6.45) is 5.70. The summed E-state index contributed by atoms with van der Waals surface area (Å²) in [7, 11) is 2.15. The maximum Gasteiger partial charge on any atom is 0.318 e. The normalized spacial score (nSPS) is 20.9. The first-order valence-corrected chi connectivity index (χ1v) is 15.5. The quantitative estimate of drug-likeness (QED) is 0.379. The molecule has 0 spiro atoms. The molecule has 0 N–H and O–H groups in total. The van der Waals surface area contributed by atoms with Crippen molar-refractivity contribution in [2.45, 2.75) is 57.7 Å². The monoisotopic (exact) mass is 579 g/mol. The fraction of sp³-hybridized carbons (Fsp3) is 0.471. The molecule has 9 heteroatoms. The van der Waals surface area contributed by atoms with Crippen LogP contribution < -0.4 is 14.5 Å². The number of nitrogens with zero attached hydrogens (tertiary/aromatic N) is 7. The maximum atomic E-state index is 12.6. The molecule has 3 aliphatic rings. The zero-order valence-electron chi connectivity index (χ0n) is 25.3. The molecule has 1 amide bonds. The molecule has 2 fully saturated rings. The summed E-state index contributed by atoms with van der Waals surface area (Å²) in [5.74, 6) is 0.747. The Kier molecular flexibility index (Phi) is 8.48. The Morgan fingerprint density at radius 1 is 1.09 bits per heavy atom. The van der Waals surface area contributed by atoms with Crippen LogP contribution in [-0.2, 0) is 17.8 Å². The summed E-state index contributed by atoms with van der Waals surface area (Å²) in [6, 6.07) is 15.8. The van der Waals surface area contributed by atoms with Crippen molar-refractivity contribution < 1.29 is 9.53 Å². The molecule has 2 saturated heterocycles. The highest BCUT2D eigenvalue weighted by Crippen LogP contribution is 2.35. The molecule has 3 aromatic rings. The molecule has 0 aliphatic carbocycles. The van der Waals surface area contributed by atoms with Crippen LogP contribution in [0, 0.1) is 18.3 Å². The van der Waals surface area contributed by atoms with Crippen molar-refractivity contribution >= 4 is 28.2 Å². The van der Waals surface area contributed by atoms with Gasteiger partial charge in [0.1, 0.15) is 12.4 Å². The van der Waals surface area contributed by atoms with E-state index >= 15 is 0 Å². The number of amides is 1. The van der Waals surface area contributed by atoms with E-state index in [-0.39, 0.29) is 18.4 Å². The average Bonchev–Trinajstić information content (AvgIpc) is 3.31. The minimum atomic E-state index is -0.229. The van der Waals surface area contributed by atoms with Gasteiger partial charge in [-0.15, -0.1) is 0 Å². The number of nitriles is 1. The van der Waals surface area contributed by atoms with Crippen molar-refractivity contribution in [3.05, 3.63) is 65.9 Å². The molecular weight excluding hydrogens is 538 g/mol. The van der Waals surface area contributed by atoms with Gasteiger partial charge in [0.05, 0.1) is 30.8 Å². The molecule has 6 rings (SSSR count). The summed E-state index contributed by atoms with van der Waals surface area (Å²) < 4.78 is 6.34. The van der Waals surface area contributed by atoms with Crippen molar-refractivity contribution in [3.8, 4) is 12.1 Å². The van der Waals surface area contributed by atoms with Gasteiger partial charge in [0.2, 0.25) is 5.91 Å². The number of hydrogen-bond donors (Lipinski definition) is 0. The number of likely N-dealkylation sites (N-methyl/N-ethyl adjacent to an activating group) is 1. The third kappa shape index (κ3) is 5.89. The highest BCUT2D eigenvalue weighted by molar-refractivity contribution is 5.97. The molecule has 1 aromatic heterocycles. The van der Waals surface area contributed by atoms with E-state index in [1.807, 2.05) is 0 Å². The third-order valence-corrected chi connectivity index (χ3v) is 9.32. The summed E-state index contributed by atoms with van der Waals surface area (Å²) in [4.78, 5) is 31.5. The standard InChI is InChI=1S/C34H41N7O2/c1-4-31(42)41-20-19-40(21-26(41)15-16-35)33-28-13-8-18-39(30-14-6-11-25-10-5-9-24(2)32(25)30)22-29(28)36-34(37-33)43-23-27-12-7-17-38(27)3/h4-6,9-11,14,26-27H,1,7-8,12-13,15,17-23H2,2-3H3/t26-,27-/m0/s1. The van der Waals surface area contributed by atoms with Gasteiger partial charge in [0, 0.05) is 48.9 Å². The first kappa shape index (κ1) is 28.9. The predicted molar refractivity (Wildman–Crippen MR) is 169 cm³/mol. The molecule has 2 aromatic carbocycles. The second-order valence-corrected chi connectivity index (χ2v) is 12.0. The van der Waals surface area contributed by atoms with Crippen molar-refractivity contribution in [1.29, 1.82) is 5.26 Å². The number of rotatable bonds is 7. The number of likely N-dealkylation sites (tertiary alicyclic amines) is 1. The summed E-state index contributed by atoms with van der Waals surface area (Å²) >= 11 is 0. The highest BCUT2D eigenvalue weighted by Gasteiger charge is 2.33. The topological polar surface area (TPSA) is 88.8 Å². The van der Waals surface area contributed by atoms with Crippen molar-refractivity contribution in [1.82, 2.24) is 19.8 Å². The molecule has 43 heavy (non-hydrogen) atoms. The molecule has 4 heterocycles. The third-order valence-electron chi connectivity index (χ3n) is 9.32. The van der Waals surface area contributed by atoms with Gasteiger partial charge in [-0.1, -0.05) is 36.9 Å². The Balaban J connectivity index is 1.36. The predicted octanol–water partition coefficient (Wildman–Crippen LogP) is 4.48. The molecule has 0 bridgehead atoms. The number of hydrogen-bond acceptors (Lipinski definition) is 8. The number of carbonyl (C=O) groups excluding carboxylic acids is 1. The summed E-state index contributed by atoms with van der Waals surface area (Å²) in [5.41, 5.74) is 4.62. The van der Waals surface area contributed by atoms with Crippen LogP contribution >= 0.6 is 0 Å². The van der Waals surface area contributed by atoms with Crippen molar-refractivity contribution in [3.63, 3.8) is 0 Å². The van der Waals surface area contributed by atoms with Crippen LogP contribution in [0.15, 0.2) is 49.1 Å². The largest absolute Gasteiger partial charge is 0.462 e. The van der Waals surface area contributed by atoms with Crippen LogP contribution in [0.3, 0.4) is 0 Å². The zero-order valence-corrected chi connectivity index (χ0v) is 25.3. The minimum Gasteiger partial charge on any atom is -0.462 e. The van der Waals surface area contributed by atoms with E-state index in [9.17, 15) is 10.1 Å². The van der Waals surface area contributed by atoms with Gasteiger partial charge < -0.3 is 24.3 Å². The number of benzene rings is 2. The number of aromatic nitrogens is 2. The number of carbonyl (C=O) groups is 1. The lowest BCUT2D eigenvalue weighted by Crippen LogP contribution is -2.55. The van der Waals surface area contributed by atoms with Crippen LogP contribution in [-0.4, -0.2) is 84.1 Å². The maximum absolute atomic E-state index is 12.6. The Morgan fingerprint density at radius 2 is 1.93 bits per heavy atom. The first-order valence-electron chi connectivity index (χ1n) is 15.5. The Labute approximate surface area is 254 Å². The van der Waals surface area contributed by atoms with Gasteiger partial charge in [-0.2, -0.15) is 15.2 Å². The van der Waals surface area contributed by atoms with Crippen molar-refractivity contribution in [2.75, 3.05) is 56.2 Å². The SMILES string of the molecule is C=CC(=O)N1CCN(c2nc(OC[C@@H]3CCCN3C)nc3c2CCCN(c2cccc4cccc(C)c24)C3)C[C@@H]1CC#N. The van der Waals surface area contributed by atoms with Crippen LogP contribution in [0.4, 0.5) is 11.5 Å². The van der Waals surface area contributed by atoms with Gasteiger partial charge in [-0.25, -0.2) is 0 Å². The van der Waals surface area contributed by atoms with Gasteiger partial charge >= 0.3 is 6.01 Å². The van der Waals surface area contributed by atoms with E-state index in [1.54, 1.807) is 4.90 Å². The Morgan fingerprint density at radius 3 is 2.70 bits per heavy atom. The van der Waals surface area contributed by atoms with Gasteiger partial charge in [0.25, 0.3) is 0 Å². The van der Waals surface area contributed by atoms with Gasteiger partial charge in [-0.3, -0.25) is 4.79 Å². The fourth-order valence-electron chi connectivity index (χ4n) is 6.98. The lowest BCUT2D eigenvalue weighted by atomic mass is 10.0. The van der Waals surface area contributed by atoms with E-state index in [0.717, 1.165) is 49.4 Å². The Hall–Kier alpha value is -4.16. The molecule has 224 valence electrons. The average molecular weight is 580 g/mol. The van der Waals surface area contributed by atoms with E-state index < -0.39 is 0 Å². The summed E-state index contributed by atoms with van der Waals surface area (Å²) in [6.45, 7) is 10.7. The van der Waals surface area contributed by atoms with Crippen LogP contribution in [0.5, 0.6) is 6.01 Å². The number of piperazine rings is 1. The minimum absolute atomic E-state index is 0.132. The number of anilines is 2. The molecule has 2 atom stereocenters. The van der Waals surface area contributed by atoms with Crippen LogP contribution in [0.1, 0.15) is 42.5 Å². The van der Waals surface area contributed by atoms with E-state index in [2.05, 4.69) is 77.7 Å². The highest BCUT2D eigenvalue weighted by atomic mass is 16.5. The van der Waals surface area contributed by atoms with Crippen LogP contribution in [0.2, 0.25) is 0 Å². The molecular formula is C34H41N7O2. The molecule has 3 aliphatic heterocycles. The molecule has 0 radical (unpaired) electrons. The van der Waals surface area contributed by atoms with Gasteiger partial charge in [-0.05, 0) is 69.3 Å². The molecule has 0 unspecified atom stereocenters. The second kappa shape index (κ2) is 12.6. The second-order valence-electron chi connectivity index (χ2n) is 12.0. The van der Waals surface area contributed by atoms with E-state index in [1.165, 1.54) is 34.5 Å².